The minimum atomic E-state index is 1.26. The molecular formula is C3H10BP. The van der Waals surface area contributed by atoms with Gasteiger partial charge in [0.15, 0.2) is 0 Å². The quantitative estimate of drug-likeness (QED) is 0.345. The van der Waals surface area contributed by atoms with Crippen molar-refractivity contribution in [3.05, 3.63) is 0 Å². The van der Waals surface area contributed by atoms with Crippen molar-refractivity contribution in [2.75, 3.05) is 6.16 Å². The summed E-state index contributed by atoms with van der Waals surface area (Å²) in [5, 5.41) is 0. The van der Waals surface area contributed by atoms with Gasteiger partial charge >= 0.3 is 0 Å². The van der Waals surface area contributed by atoms with E-state index in [1.807, 2.05) is 0 Å². The van der Waals surface area contributed by atoms with Crippen molar-refractivity contribution in [3.8, 4) is 0 Å². The normalized spacial score (nSPS) is 7.60. The zero-order valence-corrected chi connectivity index (χ0v) is 4.85. The lowest BCUT2D eigenvalue weighted by Crippen LogP contribution is -1.77. The Labute approximate surface area is 36.8 Å². The monoisotopic (exact) mass is 88.1 g/mol. The molecule has 1 unspecified atom stereocenters. The van der Waals surface area contributed by atoms with Crippen molar-refractivity contribution in [1.29, 1.82) is 0 Å². The minimum absolute atomic E-state index is 1.26. The van der Waals surface area contributed by atoms with Gasteiger partial charge in [-0.3, -0.25) is 0 Å². The van der Waals surface area contributed by atoms with Gasteiger partial charge in [0.2, 0.25) is 0 Å². The molecule has 0 fully saturated rings. The third-order valence-corrected chi connectivity index (χ3v) is 0.966. The highest BCUT2D eigenvalue weighted by molar-refractivity contribution is 7.16. The van der Waals surface area contributed by atoms with Crippen LogP contribution in [0.2, 0.25) is 13.1 Å². The van der Waals surface area contributed by atoms with Gasteiger partial charge in [-0.15, -0.1) is 9.24 Å². The van der Waals surface area contributed by atoms with E-state index in [9.17, 15) is 0 Å². The summed E-state index contributed by atoms with van der Waals surface area (Å²) in [5.41, 5.74) is 0. The standard InChI is InChI=1S/C3H10BP/c1-4-2-3-5/h4H,2-3,5H2,1H3. The van der Waals surface area contributed by atoms with Gasteiger partial charge in [0.1, 0.15) is 7.28 Å². The van der Waals surface area contributed by atoms with Crippen molar-refractivity contribution in [1.82, 2.24) is 0 Å². The third kappa shape index (κ3) is 4.49. The summed E-state index contributed by atoms with van der Waals surface area (Å²) in [6.07, 6.45) is 2.61. The highest BCUT2D eigenvalue weighted by atomic mass is 31.0. The van der Waals surface area contributed by atoms with Gasteiger partial charge in [-0.05, 0) is 6.16 Å². The van der Waals surface area contributed by atoms with E-state index in [-0.39, 0.29) is 0 Å². The van der Waals surface area contributed by atoms with Crippen LogP contribution in [0, 0.1) is 0 Å². The van der Waals surface area contributed by atoms with Crippen LogP contribution in [0.4, 0.5) is 0 Å². The number of hydrogen-bond donors (Lipinski definition) is 0. The van der Waals surface area contributed by atoms with Crippen LogP contribution in [0.25, 0.3) is 0 Å². The Morgan fingerprint density at radius 3 is 2.40 bits per heavy atom. The van der Waals surface area contributed by atoms with Gasteiger partial charge in [-0.2, -0.15) is 0 Å². The summed E-state index contributed by atoms with van der Waals surface area (Å²) in [7, 11) is 4.02. The van der Waals surface area contributed by atoms with Crippen LogP contribution < -0.4 is 0 Å². The van der Waals surface area contributed by atoms with Crippen molar-refractivity contribution in [2.24, 2.45) is 0 Å². The fourth-order valence-electron chi connectivity index (χ4n) is 0.204. The molecule has 0 aromatic heterocycles. The van der Waals surface area contributed by atoms with E-state index < -0.39 is 0 Å². The van der Waals surface area contributed by atoms with Gasteiger partial charge in [0, 0.05) is 0 Å². The molecule has 1 atom stereocenters. The van der Waals surface area contributed by atoms with Crippen molar-refractivity contribution >= 4 is 16.5 Å². The summed E-state index contributed by atoms with van der Waals surface area (Å²) in [5.74, 6) is 0. The molecule has 0 saturated heterocycles. The molecule has 0 rings (SSSR count). The van der Waals surface area contributed by atoms with Crippen LogP contribution in [0.1, 0.15) is 0 Å². The van der Waals surface area contributed by atoms with Gasteiger partial charge in [0.05, 0.1) is 0 Å². The molecule has 0 bridgehead atoms. The Bertz CT molecular complexity index is 14.4. The fraction of sp³-hybridized carbons (Fsp3) is 1.00. The van der Waals surface area contributed by atoms with Crippen LogP contribution >= 0.6 is 9.24 Å². The second-order valence-corrected chi connectivity index (χ2v) is 1.72. The van der Waals surface area contributed by atoms with E-state index >= 15 is 0 Å². The summed E-state index contributed by atoms with van der Waals surface area (Å²) in [6, 6.07) is 0. The van der Waals surface area contributed by atoms with Gasteiger partial charge in [-0.1, -0.05) is 13.1 Å². The Morgan fingerprint density at radius 1 is 1.80 bits per heavy atom. The topological polar surface area (TPSA) is 0 Å². The largest absolute Gasteiger partial charge is 0.138 e. The average molecular weight is 87.9 g/mol. The summed E-state index contributed by atoms with van der Waals surface area (Å²) in [4.78, 5) is 0. The summed E-state index contributed by atoms with van der Waals surface area (Å²) in [6.45, 7) is 2.20. The van der Waals surface area contributed by atoms with E-state index in [4.69, 9.17) is 0 Å². The van der Waals surface area contributed by atoms with Crippen LogP contribution in [-0.2, 0) is 0 Å². The van der Waals surface area contributed by atoms with Crippen LogP contribution in [0.5, 0.6) is 0 Å². The van der Waals surface area contributed by atoms with Gasteiger partial charge < -0.3 is 0 Å². The van der Waals surface area contributed by atoms with Crippen LogP contribution in [-0.4, -0.2) is 13.4 Å². The Balaban J connectivity index is 2.19. The van der Waals surface area contributed by atoms with Gasteiger partial charge in [-0.25, -0.2) is 0 Å². The molecule has 2 heteroatoms. The molecular weight excluding hydrogens is 77.8 g/mol. The van der Waals surface area contributed by atoms with E-state index in [0.717, 1.165) is 0 Å². The van der Waals surface area contributed by atoms with E-state index in [2.05, 4.69) is 16.1 Å². The first kappa shape index (κ1) is 5.49. The molecule has 0 aromatic rings. The molecule has 0 spiro atoms. The SMILES string of the molecule is CBCCP. The average Bonchev–Trinajstić information content (AvgIpc) is 1.41. The molecule has 0 saturated carbocycles. The minimum Gasteiger partial charge on any atom is -0.138 e. The lowest BCUT2D eigenvalue weighted by atomic mass is 9.79. The maximum Gasteiger partial charge on any atom is 0.117 e. The molecule has 0 aliphatic rings. The molecule has 0 radical (unpaired) electrons. The smallest absolute Gasteiger partial charge is 0.117 e. The number of hydrogen-bond acceptors (Lipinski definition) is 0. The van der Waals surface area contributed by atoms with Crippen molar-refractivity contribution < 1.29 is 0 Å². The zero-order valence-electron chi connectivity index (χ0n) is 3.70. The van der Waals surface area contributed by atoms with Crippen LogP contribution in [0.3, 0.4) is 0 Å². The molecule has 0 aliphatic carbocycles. The predicted octanol–water partition coefficient (Wildman–Crippen LogP) is 0.764. The van der Waals surface area contributed by atoms with Crippen LogP contribution in [0.15, 0.2) is 0 Å². The maximum atomic E-state index is 2.70. The molecule has 0 amide bonds. The first-order valence-electron chi connectivity index (χ1n) is 2.12. The fourth-order valence-corrected chi connectivity index (χ4v) is 0.612. The molecule has 0 N–H and O–H groups in total. The molecule has 0 nitrogen and oxygen atoms in total. The second-order valence-electron chi connectivity index (χ2n) is 1.14. The molecule has 0 aliphatic heterocycles. The Hall–Kier alpha value is 0.495. The first-order chi connectivity index (χ1) is 2.41. The lowest BCUT2D eigenvalue weighted by molar-refractivity contribution is 1.48. The predicted molar refractivity (Wildman–Crippen MR) is 32.4 cm³/mol. The van der Waals surface area contributed by atoms with E-state index in [0.29, 0.717) is 0 Å². The highest BCUT2D eigenvalue weighted by Gasteiger charge is 1.71. The van der Waals surface area contributed by atoms with E-state index in [1.54, 1.807) is 0 Å². The molecule has 30 valence electrons. The molecule has 0 aromatic carbocycles. The summed E-state index contributed by atoms with van der Waals surface area (Å²) >= 11 is 0. The molecule has 5 heavy (non-hydrogen) atoms. The van der Waals surface area contributed by atoms with E-state index in [1.165, 1.54) is 19.8 Å². The van der Waals surface area contributed by atoms with Crippen molar-refractivity contribution in [2.45, 2.75) is 13.1 Å². The number of rotatable bonds is 2. The van der Waals surface area contributed by atoms with Crippen molar-refractivity contribution in [3.63, 3.8) is 0 Å². The maximum absolute atomic E-state index is 2.70. The van der Waals surface area contributed by atoms with Gasteiger partial charge in [0.25, 0.3) is 0 Å². The Kier molecular flexibility index (Phi) is 4.94. The molecule has 0 heterocycles. The second kappa shape index (κ2) is 4.49. The lowest BCUT2D eigenvalue weighted by Gasteiger charge is -1.76. The zero-order chi connectivity index (χ0) is 4.12. The summed E-state index contributed by atoms with van der Waals surface area (Å²) < 4.78 is 0. The first-order valence-corrected chi connectivity index (χ1v) is 2.93. The Morgan fingerprint density at radius 2 is 2.40 bits per heavy atom. The third-order valence-electron chi connectivity index (χ3n) is 0.558. The highest BCUT2D eigenvalue weighted by Crippen LogP contribution is 1.84.